The Kier molecular flexibility index (Phi) is 6.01. The topological polar surface area (TPSA) is 50.3 Å². The van der Waals surface area contributed by atoms with Gasteiger partial charge in [0.05, 0.1) is 29.6 Å². The fourth-order valence-electron chi connectivity index (χ4n) is 2.53. The minimum absolute atomic E-state index is 0.347. The van der Waals surface area contributed by atoms with Gasteiger partial charge in [0.2, 0.25) is 5.95 Å². The second-order valence-electron chi connectivity index (χ2n) is 5.38. The largest absolute Gasteiger partial charge is 0.373 e. The summed E-state index contributed by atoms with van der Waals surface area (Å²) < 4.78 is 5.73. The fourth-order valence-corrected chi connectivity index (χ4v) is 2.63. The molecule has 0 aliphatic carbocycles. The molecule has 0 unspecified atom stereocenters. The van der Waals surface area contributed by atoms with E-state index in [1.54, 1.807) is 12.4 Å². The van der Waals surface area contributed by atoms with Gasteiger partial charge in [-0.05, 0) is 33.2 Å². The Bertz CT molecular complexity index is 391. The number of ether oxygens (including phenoxy) is 1. The normalized spacial score (nSPS) is 23.8. The molecule has 0 saturated carbocycles. The molecule has 1 aromatic heterocycles. The predicted octanol–water partition coefficient (Wildman–Crippen LogP) is 2.43. The van der Waals surface area contributed by atoms with Crippen LogP contribution in [0.5, 0.6) is 0 Å². The molecule has 0 radical (unpaired) electrons. The Morgan fingerprint density at radius 1 is 1.25 bits per heavy atom. The number of nitrogens with zero attached hydrogens (tertiary/aromatic N) is 3. The Hall–Kier alpha value is -0.910. The van der Waals surface area contributed by atoms with E-state index in [-0.39, 0.29) is 0 Å². The highest BCUT2D eigenvalue weighted by Crippen LogP contribution is 2.11. The number of rotatable bonds is 6. The fraction of sp³-hybridized carbons (Fsp3) is 0.714. The van der Waals surface area contributed by atoms with Gasteiger partial charge in [-0.15, -0.1) is 0 Å². The van der Waals surface area contributed by atoms with Gasteiger partial charge in [-0.25, -0.2) is 9.97 Å². The summed E-state index contributed by atoms with van der Waals surface area (Å²) in [6.45, 7) is 8.37. The first-order valence-electron chi connectivity index (χ1n) is 7.22. The van der Waals surface area contributed by atoms with E-state index in [9.17, 15) is 0 Å². The van der Waals surface area contributed by atoms with Gasteiger partial charge in [-0.3, -0.25) is 4.90 Å². The van der Waals surface area contributed by atoms with E-state index >= 15 is 0 Å². The summed E-state index contributed by atoms with van der Waals surface area (Å²) in [5, 5.41) is 3.76. The lowest BCUT2D eigenvalue weighted by molar-refractivity contribution is -0.0681. The molecule has 6 heteroatoms. The van der Waals surface area contributed by atoms with Crippen molar-refractivity contribution in [3.63, 3.8) is 0 Å². The zero-order chi connectivity index (χ0) is 14.4. The summed E-state index contributed by atoms with van der Waals surface area (Å²) in [5.41, 5.74) is 0. The summed E-state index contributed by atoms with van der Waals surface area (Å²) in [6.07, 6.45) is 6.17. The predicted molar refractivity (Wildman–Crippen MR) is 81.2 cm³/mol. The molecular weight excluding hydrogens is 276 g/mol. The Morgan fingerprint density at radius 3 is 2.55 bits per heavy atom. The monoisotopic (exact) mass is 298 g/mol. The number of hydrogen-bond acceptors (Lipinski definition) is 5. The first-order chi connectivity index (χ1) is 9.63. The number of anilines is 1. The first-order valence-corrected chi connectivity index (χ1v) is 7.60. The Labute approximate surface area is 125 Å². The van der Waals surface area contributed by atoms with Gasteiger partial charge < -0.3 is 10.1 Å². The van der Waals surface area contributed by atoms with Crippen LogP contribution in [0.3, 0.4) is 0 Å². The highest BCUT2D eigenvalue weighted by Gasteiger charge is 2.21. The van der Waals surface area contributed by atoms with Crippen LogP contribution in [-0.2, 0) is 4.74 Å². The highest BCUT2D eigenvalue weighted by molar-refractivity contribution is 6.30. The molecule has 0 aromatic carbocycles. The zero-order valence-electron chi connectivity index (χ0n) is 12.2. The number of unbranched alkanes of at least 4 members (excludes halogenated alkanes) is 1. The average Bonchev–Trinajstić information content (AvgIpc) is 2.39. The number of hydrogen-bond donors (Lipinski definition) is 1. The van der Waals surface area contributed by atoms with Gasteiger partial charge in [0.15, 0.2) is 0 Å². The lowest BCUT2D eigenvalue weighted by Gasteiger charge is -2.35. The number of nitrogens with one attached hydrogen (secondary N) is 1. The van der Waals surface area contributed by atoms with Crippen LogP contribution in [0.25, 0.3) is 0 Å². The van der Waals surface area contributed by atoms with Crippen LogP contribution in [0, 0.1) is 0 Å². The molecule has 2 atom stereocenters. The number of halogens is 1. The minimum Gasteiger partial charge on any atom is -0.373 e. The zero-order valence-corrected chi connectivity index (χ0v) is 12.9. The van der Waals surface area contributed by atoms with Gasteiger partial charge in [0.25, 0.3) is 0 Å². The molecule has 0 amide bonds. The summed E-state index contributed by atoms with van der Waals surface area (Å²) in [5.74, 6) is 0.642. The van der Waals surface area contributed by atoms with Crippen molar-refractivity contribution in [2.75, 3.05) is 31.5 Å². The quantitative estimate of drug-likeness (QED) is 0.818. The van der Waals surface area contributed by atoms with Crippen LogP contribution >= 0.6 is 11.6 Å². The maximum atomic E-state index is 5.74. The van der Waals surface area contributed by atoms with Crippen molar-refractivity contribution >= 4 is 17.5 Å². The van der Waals surface area contributed by atoms with Gasteiger partial charge in [0.1, 0.15) is 0 Å². The van der Waals surface area contributed by atoms with Gasteiger partial charge >= 0.3 is 0 Å². The number of aromatic nitrogens is 2. The van der Waals surface area contributed by atoms with Crippen molar-refractivity contribution in [1.29, 1.82) is 0 Å². The van der Waals surface area contributed by atoms with Crippen molar-refractivity contribution < 1.29 is 4.74 Å². The van der Waals surface area contributed by atoms with Crippen LogP contribution in [0.4, 0.5) is 5.95 Å². The summed E-state index contributed by atoms with van der Waals surface area (Å²) in [4.78, 5) is 10.7. The van der Waals surface area contributed by atoms with Crippen molar-refractivity contribution in [3.8, 4) is 0 Å². The molecule has 1 saturated heterocycles. The van der Waals surface area contributed by atoms with Crippen LogP contribution in [-0.4, -0.2) is 53.3 Å². The smallest absolute Gasteiger partial charge is 0.222 e. The standard InChI is InChI=1S/C14H23ClN4O/c1-11-9-19(10-12(2)20-11)6-4-3-5-16-14-17-7-13(15)8-18-14/h7-8,11-12H,3-6,9-10H2,1-2H3,(H,16,17,18)/t11-,12-/m0/s1. The van der Waals surface area contributed by atoms with E-state index in [0.29, 0.717) is 23.2 Å². The maximum absolute atomic E-state index is 5.74. The van der Waals surface area contributed by atoms with E-state index in [1.807, 2.05) is 0 Å². The lowest BCUT2D eigenvalue weighted by atomic mass is 10.2. The molecule has 1 aliphatic rings. The Morgan fingerprint density at radius 2 is 1.90 bits per heavy atom. The van der Waals surface area contributed by atoms with Gasteiger partial charge in [-0.2, -0.15) is 0 Å². The molecule has 1 fully saturated rings. The highest BCUT2D eigenvalue weighted by atomic mass is 35.5. The van der Waals surface area contributed by atoms with E-state index in [2.05, 4.69) is 34.0 Å². The van der Waals surface area contributed by atoms with Crippen LogP contribution < -0.4 is 5.32 Å². The van der Waals surface area contributed by atoms with Crippen molar-refractivity contribution in [2.45, 2.75) is 38.9 Å². The van der Waals surface area contributed by atoms with Crippen LogP contribution in [0.1, 0.15) is 26.7 Å². The van der Waals surface area contributed by atoms with Crippen LogP contribution in [0.15, 0.2) is 12.4 Å². The molecule has 1 aromatic rings. The van der Waals surface area contributed by atoms with Gasteiger partial charge in [-0.1, -0.05) is 11.6 Å². The molecule has 0 bridgehead atoms. The van der Waals surface area contributed by atoms with Gasteiger partial charge in [0, 0.05) is 19.6 Å². The van der Waals surface area contributed by atoms with E-state index in [0.717, 1.165) is 32.6 Å². The van der Waals surface area contributed by atoms with Crippen molar-refractivity contribution in [3.05, 3.63) is 17.4 Å². The molecule has 112 valence electrons. The van der Waals surface area contributed by atoms with E-state index in [1.165, 1.54) is 6.42 Å². The minimum atomic E-state index is 0.347. The molecule has 1 N–H and O–H groups in total. The van der Waals surface area contributed by atoms with Crippen molar-refractivity contribution in [2.24, 2.45) is 0 Å². The molecular formula is C14H23ClN4O. The third-order valence-corrected chi connectivity index (χ3v) is 3.49. The first kappa shape index (κ1) is 15.5. The average molecular weight is 299 g/mol. The van der Waals surface area contributed by atoms with Crippen molar-refractivity contribution in [1.82, 2.24) is 14.9 Å². The molecule has 0 spiro atoms. The maximum Gasteiger partial charge on any atom is 0.222 e. The summed E-state index contributed by atoms with van der Waals surface area (Å²) in [6, 6.07) is 0. The van der Waals surface area contributed by atoms with E-state index in [4.69, 9.17) is 16.3 Å². The lowest BCUT2D eigenvalue weighted by Crippen LogP contribution is -2.45. The Balaban J connectivity index is 1.58. The molecule has 5 nitrogen and oxygen atoms in total. The molecule has 2 heterocycles. The van der Waals surface area contributed by atoms with E-state index < -0.39 is 0 Å². The molecule has 2 rings (SSSR count). The van der Waals surface area contributed by atoms with Crippen LogP contribution in [0.2, 0.25) is 5.02 Å². The third kappa shape index (κ3) is 5.23. The SMILES string of the molecule is C[C@H]1CN(CCCCNc2ncc(Cl)cn2)C[C@H](C)O1. The summed E-state index contributed by atoms with van der Waals surface area (Å²) >= 11 is 5.74. The summed E-state index contributed by atoms with van der Waals surface area (Å²) in [7, 11) is 0. The molecule has 1 aliphatic heterocycles. The second kappa shape index (κ2) is 7.76. The number of morpholine rings is 1. The third-order valence-electron chi connectivity index (χ3n) is 3.30. The molecule has 20 heavy (non-hydrogen) atoms. The second-order valence-corrected chi connectivity index (χ2v) is 5.81.